The minimum atomic E-state index is 0.0124. The molecule has 3 heterocycles. The number of hydrogen-bond donors (Lipinski definition) is 0. The Balaban J connectivity index is 1.50. The summed E-state index contributed by atoms with van der Waals surface area (Å²) in [5.41, 5.74) is 2.74. The fourth-order valence-electron chi connectivity index (χ4n) is 3.60. The van der Waals surface area contributed by atoms with Crippen molar-refractivity contribution < 1.29 is 9.53 Å². The largest absolute Gasteiger partial charge is 0.379 e. The van der Waals surface area contributed by atoms with E-state index in [9.17, 15) is 4.79 Å². The van der Waals surface area contributed by atoms with Crippen LogP contribution in [0.1, 0.15) is 10.4 Å². The molecule has 0 radical (unpaired) electrons. The average molecular weight is 352 g/mol. The highest BCUT2D eigenvalue weighted by atomic mass is 16.5. The Morgan fingerprint density at radius 2 is 1.77 bits per heavy atom. The Labute approximate surface area is 154 Å². The SMILES string of the molecule is O=C(c1cccnc1)N1CCN(CCN2CCOCC2)c2ccccc21. The molecule has 26 heavy (non-hydrogen) atoms. The number of ether oxygens (including phenoxy) is 1. The molecule has 1 aromatic heterocycles. The zero-order valence-corrected chi connectivity index (χ0v) is 14.9. The van der Waals surface area contributed by atoms with E-state index in [2.05, 4.69) is 20.9 Å². The van der Waals surface area contributed by atoms with Crippen molar-refractivity contribution in [1.82, 2.24) is 9.88 Å². The molecule has 0 atom stereocenters. The molecule has 0 bridgehead atoms. The molecule has 2 aliphatic rings. The average Bonchev–Trinajstić information content (AvgIpc) is 2.73. The molecule has 0 N–H and O–H groups in total. The van der Waals surface area contributed by atoms with Gasteiger partial charge in [-0.15, -0.1) is 0 Å². The Bertz CT molecular complexity index is 746. The van der Waals surface area contributed by atoms with Gasteiger partial charge in [-0.3, -0.25) is 14.7 Å². The molecule has 6 heteroatoms. The normalized spacial score (nSPS) is 17.8. The van der Waals surface area contributed by atoms with Gasteiger partial charge >= 0.3 is 0 Å². The molecule has 0 unspecified atom stereocenters. The summed E-state index contributed by atoms with van der Waals surface area (Å²) in [6.45, 7) is 7.16. The third kappa shape index (κ3) is 3.57. The van der Waals surface area contributed by atoms with Crippen molar-refractivity contribution in [3.8, 4) is 0 Å². The zero-order valence-electron chi connectivity index (χ0n) is 14.9. The first-order valence-corrected chi connectivity index (χ1v) is 9.19. The molecule has 0 spiro atoms. The molecule has 0 aliphatic carbocycles. The molecule has 1 saturated heterocycles. The topological polar surface area (TPSA) is 48.9 Å². The van der Waals surface area contributed by atoms with Crippen LogP contribution >= 0.6 is 0 Å². The van der Waals surface area contributed by atoms with Crippen molar-refractivity contribution in [2.24, 2.45) is 0 Å². The van der Waals surface area contributed by atoms with E-state index in [4.69, 9.17) is 4.74 Å². The predicted octanol–water partition coefficient (Wildman–Crippen LogP) is 1.88. The number of rotatable bonds is 4. The van der Waals surface area contributed by atoms with Crippen molar-refractivity contribution in [2.45, 2.75) is 0 Å². The van der Waals surface area contributed by atoms with Crippen molar-refractivity contribution in [3.05, 3.63) is 54.4 Å². The summed E-state index contributed by atoms with van der Waals surface area (Å²) < 4.78 is 5.43. The number of aromatic nitrogens is 1. The molecule has 4 rings (SSSR count). The number of nitrogens with zero attached hydrogens (tertiary/aromatic N) is 4. The van der Waals surface area contributed by atoms with Gasteiger partial charge in [0.05, 0.1) is 30.2 Å². The van der Waals surface area contributed by atoms with Gasteiger partial charge < -0.3 is 14.5 Å². The van der Waals surface area contributed by atoms with Gasteiger partial charge in [0.25, 0.3) is 5.91 Å². The van der Waals surface area contributed by atoms with Crippen LogP contribution in [0.4, 0.5) is 11.4 Å². The Kier molecular flexibility index (Phi) is 5.13. The van der Waals surface area contributed by atoms with E-state index in [1.54, 1.807) is 18.5 Å². The molecule has 6 nitrogen and oxygen atoms in total. The van der Waals surface area contributed by atoms with Crippen LogP contribution in [0, 0.1) is 0 Å². The van der Waals surface area contributed by atoms with Gasteiger partial charge in [-0.05, 0) is 24.3 Å². The molecule has 0 saturated carbocycles. The predicted molar refractivity (Wildman–Crippen MR) is 102 cm³/mol. The van der Waals surface area contributed by atoms with Crippen LogP contribution in [-0.2, 0) is 4.74 Å². The second-order valence-electron chi connectivity index (χ2n) is 6.63. The second-order valence-corrected chi connectivity index (χ2v) is 6.63. The zero-order chi connectivity index (χ0) is 17.8. The highest BCUT2D eigenvalue weighted by molar-refractivity contribution is 6.08. The summed E-state index contributed by atoms with van der Waals surface area (Å²) in [6.07, 6.45) is 3.32. The highest BCUT2D eigenvalue weighted by Crippen LogP contribution is 2.33. The smallest absolute Gasteiger partial charge is 0.259 e. The summed E-state index contributed by atoms with van der Waals surface area (Å²) in [6, 6.07) is 11.8. The lowest BCUT2D eigenvalue weighted by Gasteiger charge is -2.39. The molecular formula is C20H24N4O2. The van der Waals surface area contributed by atoms with Crippen molar-refractivity contribution in [2.75, 3.05) is 62.3 Å². The van der Waals surface area contributed by atoms with Crippen LogP contribution in [-0.4, -0.2) is 68.3 Å². The maximum Gasteiger partial charge on any atom is 0.259 e. The fourth-order valence-corrected chi connectivity index (χ4v) is 3.60. The van der Waals surface area contributed by atoms with Gasteiger partial charge in [0.1, 0.15) is 0 Å². The van der Waals surface area contributed by atoms with Crippen LogP contribution < -0.4 is 9.80 Å². The minimum Gasteiger partial charge on any atom is -0.379 e. The summed E-state index contributed by atoms with van der Waals surface area (Å²) in [5.74, 6) is 0.0124. The number of fused-ring (bicyclic) bond motifs is 1. The lowest BCUT2D eigenvalue weighted by molar-refractivity contribution is 0.0391. The molecule has 136 valence electrons. The van der Waals surface area contributed by atoms with E-state index in [0.717, 1.165) is 57.3 Å². The van der Waals surface area contributed by atoms with E-state index in [1.165, 1.54) is 0 Å². The van der Waals surface area contributed by atoms with Crippen LogP contribution in [0.3, 0.4) is 0 Å². The third-order valence-corrected chi connectivity index (χ3v) is 5.05. The Hall–Kier alpha value is -2.44. The molecule has 2 aromatic rings. The number of amides is 1. The number of hydrogen-bond acceptors (Lipinski definition) is 5. The Morgan fingerprint density at radius 1 is 0.962 bits per heavy atom. The van der Waals surface area contributed by atoms with E-state index in [0.29, 0.717) is 12.1 Å². The van der Waals surface area contributed by atoms with Crippen molar-refractivity contribution in [3.63, 3.8) is 0 Å². The molecule has 1 aromatic carbocycles. The van der Waals surface area contributed by atoms with Crippen LogP contribution in [0.2, 0.25) is 0 Å². The number of benzene rings is 1. The number of carbonyl (C=O) groups is 1. The first kappa shape index (κ1) is 17.0. The molecular weight excluding hydrogens is 328 g/mol. The molecule has 2 aliphatic heterocycles. The summed E-state index contributed by atoms with van der Waals surface area (Å²) in [7, 11) is 0. The Morgan fingerprint density at radius 3 is 2.54 bits per heavy atom. The number of morpholine rings is 1. The second kappa shape index (κ2) is 7.85. The molecule has 1 amide bonds. The van der Waals surface area contributed by atoms with Gasteiger partial charge in [0.2, 0.25) is 0 Å². The monoisotopic (exact) mass is 352 g/mol. The van der Waals surface area contributed by atoms with Gasteiger partial charge in [-0.1, -0.05) is 12.1 Å². The van der Waals surface area contributed by atoms with E-state index >= 15 is 0 Å². The minimum absolute atomic E-state index is 0.0124. The lowest BCUT2D eigenvalue weighted by Crippen LogP contribution is -2.47. The number of pyridine rings is 1. The van der Waals surface area contributed by atoms with Crippen LogP contribution in [0.25, 0.3) is 0 Å². The first-order valence-electron chi connectivity index (χ1n) is 9.19. The number of anilines is 2. The fraction of sp³-hybridized carbons (Fsp3) is 0.400. The highest BCUT2D eigenvalue weighted by Gasteiger charge is 2.27. The van der Waals surface area contributed by atoms with Crippen molar-refractivity contribution >= 4 is 17.3 Å². The van der Waals surface area contributed by atoms with Gasteiger partial charge in [0.15, 0.2) is 0 Å². The van der Waals surface area contributed by atoms with Crippen LogP contribution in [0.5, 0.6) is 0 Å². The quantitative estimate of drug-likeness (QED) is 0.841. The summed E-state index contributed by atoms with van der Waals surface area (Å²) in [5, 5.41) is 0. The standard InChI is InChI=1S/C20H24N4O2/c25-20(17-4-3-7-21-16-17)24-11-10-23(18-5-1-2-6-19(18)24)9-8-22-12-14-26-15-13-22/h1-7,16H,8-15H2. The first-order chi connectivity index (χ1) is 12.8. The number of carbonyl (C=O) groups excluding carboxylic acids is 1. The van der Waals surface area contributed by atoms with Gasteiger partial charge in [0, 0.05) is 51.7 Å². The lowest BCUT2D eigenvalue weighted by atomic mass is 10.1. The summed E-state index contributed by atoms with van der Waals surface area (Å²) >= 11 is 0. The van der Waals surface area contributed by atoms with Gasteiger partial charge in [-0.2, -0.15) is 0 Å². The van der Waals surface area contributed by atoms with Gasteiger partial charge in [-0.25, -0.2) is 0 Å². The van der Waals surface area contributed by atoms with E-state index in [1.807, 2.05) is 29.2 Å². The molecule has 1 fully saturated rings. The maximum absolute atomic E-state index is 12.9. The van der Waals surface area contributed by atoms with E-state index < -0.39 is 0 Å². The number of para-hydroxylation sites is 2. The third-order valence-electron chi connectivity index (χ3n) is 5.05. The maximum atomic E-state index is 12.9. The van der Waals surface area contributed by atoms with E-state index in [-0.39, 0.29) is 5.91 Å². The van der Waals surface area contributed by atoms with Crippen molar-refractivity contribution in [1.29, 1.82) is 0 Å². The summed E-state index contributed by atoms with van der Waals surface area (Å²) in [4.78, 5) is 23.7. The van der Waals surface area contributed by atoms with Crippen LogP contribution in [0.15, 0.2) is 48.8 Å².